The normalized spacial score (nSPS) is 10.7. The summed E-state index contributed by atoms with van der Waals surface area (Å²) in [5.41, 5.74) is 4.08. The van der Waals surface area contributed by atoms with Gasteiger partial charge in [-0.25, -0.2) is 0 Å². The largest absolute Gasteiger partial charge is 0.372 e. The standard InChI is InChI=1S/C24H29N5OS/c1-5-15-29-23(19-11-13-21(14-12-19)28(6-2)7-3)26-27-24(29)31-17-22(30)25-20-10-8-9-18(4)16-20/h5,8-14,16H,1,6-7,15,17H2,2-4H3,(H,25,30). The third-order valence-electron chi connectivity index (χ3n) is 4.92. The van der Waals surface area contributed by atoms with E-state index in [2.05, 4.69) is 65.1 Å². The van der Waals surface area contributed by atoms with E-state index in [4.69, 9.17) is 0 Å². The molecular formula is C24H29N5OS. The van der Waals surface area contributed by atoms with E-state index in [0.29, 0.717) is 11.7 Å². The van der Waals surface area contributed by atoms with Crippen LogP contribution >= 0.6 is 11.8 Å². The molecule has 162 valence electrons. The zero-order valence-corrected chi connectivity index (χ0v) is 19.2. The first-order chi connectivity index (χ1) is 15.0. The van der Waals surface area contributed by atoms with E-state index >= 15 is 0 Å². The van der Waals surface area contributed by atoms with Crippen LogP contribution in [0.3, 0.4) is 0 Å². The highest BCUT2D eigenvalue weighted by molar-refractivity contribution is 7.99. The van der Waals surface area contributed by atoms with E-state index in [1.807, 2.05) is 41.8 Å². The number of amides is 1. The second-order valence-corrected chi connectivity index (χ2v) is 8.07. The zero-order valence-electron chi connectivity index (χ0n) is 18.3. The zero-order chi connectivity index (χ0) is 22.2. The molecular weight excluding hydrogens is 406 g/mol. The first-order valence-corrected chi connectivity index (χ1v) is 11.4. The summed E-state index contributed by atoms with van der Waals surface area (Å²) in [5, 5.41) is 12.3. The van der Waals surface area contributed by atoms with Crippen molar-refractivity contribution in [3.8, 4) is 11.4 Å². The molecule has 1 heterocycles. The minimum atomic E-state index is -0.0751. The Kier molecular flexibility index (Phi) is 7.89. The van der Waals surface area contributed by atoms with Crippen molar-refractivity contribution in [1.82, 2.24) is 14.8 Å². The molecule has 1 amide bonds. The molecule has 7 heteroatoms. The maximum atomic E-state index is 12.4. The van der Waals surface area contributed by atoms with E-state index in [1.54, 1.807) is 0 Å². The van der Waals surface area contributed by atoms with Crippen molar-refractivity contribution in [2.45, 2.75) is 32.5 Å². The third-order valence-corrected chi connectivity index (χ3v) is 5.88. The van der Waals surface area contributed by atoms with Gasteiger partial charge in [0.2, 0.25) is 5.91 Å². The Bertz CT molecular complexity index is 1020. The van der Waals surface area contributed by atoms with E-state index in [0.717, 1.165) is 35.7 Å². The Labute approximate surface area is 188 Å². The van der Waals surface area contributed by atoms with Gasteiger partial charge in [-0.2, -0.15) is 0 Å². The van der Waals surface area contributed by atoms with Crippen LogP contribution in [0.5, 0.6) is 0 Å². The molecule has 1 aromatic heterocycles. The number of aryl methyl sites for hydroxylation is 1. The smallest absolute Gasteiger partial charge is 0.234 e. The summed E-state index contributed by atoms with van der Waals surface area (Å²) in [6, 6.07) is 16.1. The summed E-state index contributed by atoms with van der Waals surface area (Å²) in [6.45, 7) is 12.7. The SMILES string of the molecule is C=CCn1c(SCC(=O)Nc2cccc(C)c2)nnc1-c1ccc(N(CC)CC)cc1. The highest BCUT2D eigenvalue weighted by atomic mass is 32.2. The number of nitrogens with zero attached hydrogens (tertiary/aromatic N) is 4. The second kappa shape index (κ2) is 10.8. The van der Waals surface area contributed by atoms with Gasteiger partial charge >= 0.3 is 0 Å². The van der Waals surface area contributed by atoms with Crippen molar-refractivity contribution >= 4 is 29.0 Å². The molecule has 0 atom stereocenters. The number of hydrogen-bond donors (Lipinski definition) is 1. The lowest BCUT2D eigenvalue weighted by molar-refractivity contribution is -0.113. The highest BCUT2D eigenvalue weighted by Gasteiger charge is 2.15. The Balaban J connectivity index is 1.72. The Morgan fingerprint density at radius 1 is 1.16 bits per heavy atom. The Morgan fingerprint density at radius 2 is 1.90 bits per heavy atom. The molecule has 0 spiro atoms. The molecule has 31 heavy (non-hydrogen) atoms. The third kappa shape index (κ3) is 5.76. The van der Waals surface area contributed by atoms with Crippen LogP contribution in [0.1, 0.15) is 19.4 Å². The van der Waals surface area contributed by atoms with Crippen molar-refractivity contribution < 1.29 is 4.79 Å². The fourth-order valence-corrected chi connectivity index (χ4v) is 4.11. The predicted molar refractivity (Wildman–Crippen MR) is 130 cm³/mol. The molecule has 0 bridgehead atoms. The van der Waals surface area contributed by atoms with E-state index < -0.39 is 0 Å². The monoisotopic (exact) mass is 435 g/mol. The quantitative estimate of drug-likeness (QED) is 0.358. The average molecular weight is 436 g/mol. The number of rotatable bonds is 10. The molecule has 0 saturated carbocycles. The molecule has 0 fully saturated rings. The van der Waals surface area contributed by atoms with Gasteiger partial charge in [0, 0.05) is 36.6 Å². The van der Waals surface area contributed by atoms with Gasteiger partial charge in [0.25, 0.3) is 0 Å². The minimum absolute atomic E-state index is 0.0751. The molecule has 0 aliphatic carbocycles. The highest BCUT2D eigenvalue weighted by Crippen LogP contribution is 2.26. The van der Waals surface area contributed by atoms with Gasteiger partial charge in [-0.15, -0.1) is 16.8 Å². The van der Waals surface area contributed by atoms with Crippen LogP contribution < -0.4 is 10.2 Å². The molecule has 0 aliphatic heterocycles. The fraction of sp³-hybridized carbons (Fsp3) is 0.292. The van der Waals surface area contributed by atoms with Crippen LogP contribution in [-0.4, -0.2) is 39.5 Å². The van der Waals surface area contributed by atoms with Crippen LogP contribution in [0.2, 0.25) is 0 Å². The van der Waals surface area contributed by atoms with Gasteiger partial charge in [0.15, 0.2) is 11.0 Å². The number of allylic oxidation sites excluding steroid dienone is 1. The van der Waals surface area contributed by atoms with Crippen LogP contribution in [0.15, 0.2) is 66.3 Å². The maximum absolute atomic E-state index is 12.4. The number of hydrogen-bond acceptors (Lipinski definition) is 5. The van der Waals surface area contributed by atoms with Crippen molar-refractivity contribution in [3.05, 3.63) is 66.7 Å². The van der Waals surface area contributed by atoms with Crippen LogP contribution in [-0.2, 0) is 11.3 Å². The van der Waals surface area contributed by atoms with Crippen LogP contribution in [0, 0.1) is 6.92 Å². The van der Waals surface area contributed by atoms with Gasteiger partial charge in [-0.1, -0.05) is 30.0 Å². The predicted octanol–water partition coefficient (Wildman–Crippen LogP) is 5.02. The van der Waals surface area contributed by atoms with E-state index in [1.165, 1.54) is 17.4 Å². The fourth-order valence-electron chi connectivity index (χ4n) is 3.36. The lowest BCUT2D eigenvalue weighted by atomic mass is 10.2. The molecule has 0 saturated heterocycles. The van der Waals surface area contributed by atoms with Crippen molar-refractivity contribution in [2.75, 3.05) is 29.1 Å². The lowest BCUT2D eigenvalue weighted by Gasteiger charge is -2.21. The number of carbonyl (C=O) groups excluding carboxylic acids is 1. The molecule has 0 radical (unpaired) electrons. The topological polar surface area (TPSA) is 63.1 Å². The van der Waals surface area contributed by atoms with Gasteiger partial charge in [-0.05, 0) is 62.7 Å². The number of thioether (sulfide) groups is 1. The average Bonchev–Trinajstić information content (AvgIpc) is 3.16. The number of nitrogens with one attached hydrogen (secondary N) is 1. The summed E-state index contributed by atoms with van der Waals surface area (Å²) >= 11 is 1.37. The van der Waals surface area contributed by atoms with E-state index in [-0.39, 0.29) is 11.7 Å². The van der Waals surface area contributed by atoms with Gasteiger partial charge in [0.05, 0.1) is 5.75 Å². The van der Waals surface area contributed by atoms with Gasteiger partial charge < -0.3 is 10.2 Å². The first-order valence-electron chi connectivity index (χ1n) is 10.4. The molecule has 0 aliphatic rings. The molecule has 2 aromatic carbocycles. The van der Waals surface area contributed by atoms with Crippen LogP contribution in [0.4, 0.5) is 11.4 Å². The summed E-state index contributed by atoms with van der Waals surface area (Å²) in [4.78, 5) is 14.7. The maximum Gasteiger partial charge on any atom is 0.234 e. The summed E-state index contributed by atoms with van der Waals surface area (Å²) in [5.74, 6) is 0.950. The number of benzene rings is 2. The van der Waals surface area contributed by atoms with Gasteiger partial charge in [-0.3, -0.25) is 9.36 Å². The van der Waals surface area contributed by atoms with Crippen molar-refractivity contribution in [1.29, 1.82) is 0 Å². The molecule has 6 nitrogen and oxygen atoms in total. The van der Waals surface area contributed by atoms with Gasteiger partial charge in [0.1, 0.15) is 0 Å². The minimum Gasteiger partial charge on any atom is -0.372 e. The number of anilines is 2. The van der Waals surface area contributed by atoms with Crippen LogP contribution in [0.25, 0.3) is 11.4 Å². The van der Waals surface area contributed by atoms with E-state index in [9.17, 15) is 4.79 Å². The first kappa shape index (κ1) is 22.6. The Hall–Kier alpha value is -3.06. The number of carbonyl (C=O) groups is 1. The van der Waals surface area contributed by atoms with Crippen molar-refractivity contribution in [3.63, 3.8) is 0 Å². The molecule has 0 unspecified atom stereocenters. The summed E-state index contributed by atoms with van der Waals surface area (Å²) < 4.78 is 1.99. The second-order valence-electron chi connectivity index (χ2n) is 7.13. The summed E-state index contributed by atoms with van der Waals surface area (Å²) in [6.07, 6.45) is 1.81. The molecule has 3 aromatic rings. The molecule has 1 N–H and O–H groups in total. The lowest BCUT2D eigenvalue weighted by Crippen LogP contribution is -2.21. The Morgan fingerprint density at radius 3 is 2.55 bits per heavy atom. The molecule has 3 rings (SSSR count). The van der Waals surface area contributed by atoms with Crippen molar-refractivity contribution in [2.24, 2.45) is 0 Å². The number of aromatic nitrogens is 3. The summed E-state index contributed by atoms with van der Waals surface area (Å²) in [7, 11) is 0.